The highest BCUT2D eigenvalue weighted by atomic mass is 32.2. The Balaban J connectivity index is 1.20. The van der Waals surface area contributed by atoms with Gasteiger partial charge in [0.25, 0.3) is 0 Å². The Hall–Kier alpha value is -3.86. The first-order valence-corrected chi connectivity index (χ1v) is 19.0. The minimum absolute atomic E-state index is 0.0385. The number of aryl methyl sites for hydroxylation is 4. The Labute approximate surface area is 296 Å². The van der Waals surface area contributed by atoms with E-state index in [4.69, 9.17) is 20.2 Å². The van der Waals surface area contributed by atoms with Gasteiger partial charge < -0.3 is 9.80 Å². The SMILES string of the molecule is CC1=NN(/C(=N/c2nnc(C)s2)N2CCN(/C(=N\c3nnc(C)s3)N3N=C(C)SC3c3ccc(C)cc3)CC2)C(c2ccc(C)cc2)S1. The molecule has 0 radical (unpaired) electrons. The van der Waals surface area contributed by atoms with Gasteiger partial charge in [0.1, 0.15) is 20.8 Å². The van der Waals surface area contributed by atoms with Crippen LogP contribution in [0.25, 0.3) is 0 Å². The van der Waals surface area contributed by atoms with Crippen LogP contribution in [-0.2, 0) is 0 Å². The number of aliphatic imine (C=N–C) groups is 2. The fourth-order valence-electron chi connectivity index (χ4n) is 5.53. The normalized spacial score (nSPS) is 20.5. The number of guanidine groups is 2. The molecule has 2 aromatic heterocycles. The molecule has 4 aromatic rings. The van der Waals surface area contributed by atoms with Crippen LogP contribution in [0.1, 0.15) is 56.9 Å². The third kappa shape index (κ3) is 7.11. The predicted octanol–water partition coefficient (Wildman–Crippen LogP) is 7.08. The monoisotopic (exact) mass is 716 g/mol. The second-order valence-electron chi connectivity index (χ2n) is 11.7. The van der Waals surface area contributed by atoms with E-state index in [1.807, 2.05) is 23.9 Å². The summed E-state index contributed by atoms with van der Waals surface area (Å²) in [6, 6.07) is 17.3. The Morgan fingerprint density at radius 3 is 1.27 bits per heavy atom. The van der Waals surface area contributed by atoms with E-state index < -0.39 is 0 Å². The maximum atomic E-state index is 5.09. The molecule has 3 aliphatic heterocycles. The average molecular weight is 717 g/mol. The Morgan fingerprint density at radius 1 is 0.562 bits per heavy atom. The summed E-state index contributed by atoms with van der Waals surface area (Å²) in [6.45, 7) is 15.0. The summed E-state index contributed by atoms with van der Waals surface area (Å²) >= 11 is 6.43. The maximum absolute atomic E-state index is 5.09. The largest absolute Gasteiger partial charge is 0.337 e. The van der Waals surface area contributed by atoms with Gasteiger partial charge in [0.05, 0.1) is 10.1 Å². The van der Waals surface area contributed by atoms with Crippen molar-refractivity contribution in [2.45, 2.75) is 52.3 Å². The summed E-state index contributed by atoms with van der Waals surface area (Å²) in [6.07, 6.45) is 0. The number of rotatable bonds is 4. The van der Waals surface area contributed by atoms with E-state index in [0.29, 0.717) is 36.4 Å². The topological polar surface area (TPSA) is 114 Å². The molecule has 248 valence electrons. The fraction of sp³-hybridized carbons (Fsp3) is 0.375. The summed E-state index contributed by atoms with van der Waals surface area (Å²) in [4.78, 5) is 14.8. The van der Waals surface area contributed by atoms with Crippen LogP contribution >= 0.6 is 46.2 Å². The van der Waals surface area contributed by atoms with Gasteiger partial charge in [-0.05, 0) is 52.7 Å². The molecule has 7 rings (SSSR count). The van der Waals surface area contributed by atoms with Crippen LogP contribution < -0.4 is 0 Å². The van der Waals surface area contributed by atoms with Gasteiger partial charge in [0, 0.05) is 26.2 Å². The van der Waals surface area contributed by atoms with Gasteiger partial charge in [-0.3, -0.25) is 0 Å². The summed E-state index contributed by atoms with van der Waals surface area (Å²) < 4.78 is 0. The van der Waals surface area contributed by atoms with Crippen LogP contribution in [0.4, 0.5) is 10.3 Å². The van der Waals surface area contributed by atoms with Gasteiger partial charge in [-0.2, -0.15) is 20.2 Å². The molecule has 0 amide bonds. The maximum Gasteiger partial charge on any atom is 0.234 e. The molecule has 5 heterocycles. The van der Waals surface area contributed by atoms with Gasteiger partial charge >= 0.3 is 0 Å². The van der Waals surface area contributed by atoms with Crippen molar-refractivity contribution in [3.63, 3.8) is 0 Å². The third-order valence-electron chi connectivity index (χ3n) is 7.91. The summed E-state index contributed by atoms with van der Waals surface area (Å²) in [5, 5.41) is 36.2. The molecule has 0 N–H and O–H groups in total. The lowest BCUT2D eigenvalue weighted by Crippen LogP contribution is -2.56. The molecule has 2 atom stereocenters. The van der Waals surface area contributed by atoms with Crippen LogP contribution in [-0.4, -0.2) is 88.4 Å². The van der Waals surface area contributed by atoms with Crippen molar-refractivity contribution in [2.24, 2.45) is 20.2 Å². The summed E-state index contributed by atoms with van der Waals surface area (Å²) in [5.74, 6) is 1.53. The van der Waals surface area contributed by atoms with Crippen molar-refractivity contribution in [3.05, 3.63) is 80.8 Å². The highest BCUT2D eigenvalue weighted by molar-refractivity contribution is 8.14. The first-order valence-electron chi connectivity index (χ1n) is 15.6. The molecular formula is C32H36N12S4. The van der Waals surface area contributed by atoms with Crippen molar-refractivity contribution < 1.29 is 0 Å². The molecule has 0 saturated carbocycles. The van der Waals surface area contributed by atoms with Crippen LogP contribution in [0.2, 0.25) is 0 Å². The molecule has 2 unspecified atom stereocenters. The number of hydrogen-bond acceptors (Lipinski definition) is 12. The van der Waals surface area contributed by atoms with E-state index in [1.54, 1.807) is 23.5 Å². The number of nitrogens with zero attached hydrogens (tertiary/aromatic N) is 12. The molecule has 0 spiro atoms. The van der Waals surface area contributed by atoms with E-state index in [1.165, 1.54) is 44.9 Å². The molecule has 0 aliphatic carbocycles. The number of hydrogen-bond donors (Lipinski definition) is 0. The zero-order valence-corrected chi connectivity index (χ0v) is 30.9. The quantitative estimate of drug-likeness (QED) is 0.160. The molecule has 0 bridgehead atoms. The van der Waals surface area contributed by atoms with Crippen molar-refractivity contribution in [1.29, 1.82) is 0 Å². The van der Waals surface area contributed by atoms with E-state index >= 15 is 0 Å². The average Bonchev–Trinajstić information content (AvgIpc) is 3.87. The van der Waals surface area contributed by atoms with Crippen LogP contribution in [0.15, 0.2) is 68.7 Å². The minimum atomic E-state index is -0.0385. The smallest absolute Gasteiger partial charge is 0.234 e. The summed E-state index contributed by atoms with van der Waals surface area (Å²) in [7, 11) is 0. The van der Waals surface area contributed by atoms with Gasteiger partial charge in [0.15, 0.2) is 0 Å². The van der Waals surface area contributed by atoms with Crippen LogP contribution in [0, 0.1) is 27.7 Å². The van der Waals surface area contributed by atoms with E-state index in [9.17, 15) is 0 Å². The lowest BCUT2D eigenvalue weighted by atomic mass is 10.1. The first-order chi connectivity index (χ1) is 23.2. The Bertz CT molecular complexity index is 1750. The highest BCUT2D eigenvalue weighted by Gasteiger charge is 2.38. The van der Waals surface area contributed by atoms with Crippen molar-refractivity contribution >= 4 is 78.5 Å². The second-order valence-corrected chi connectivity index (χ2v) is 16.6. The standard InChI is InChI=1S/C32H36N12S4/c1-19-7-11-25(12-8-19)27-43(39-23(5)45-27)31(33-29-37-35-21(3)47-29)41-15-17-42(18-16-41)32(34-30-38-36-22(4)48-30)44-28(46-24(6)40-44)26-13-9-20(2)10-14-26/h7-14,27-28H,15-18H2,1-6H3/b33-31+,34-32+. The molecule has 16 heteroatoms. The van der Waals surface area contributed by atoms with Gasteiger partial charge in [0.2, 0.25) is 22.2 Å². The molecule has 1 fully saturated rings. The van der Waals surface area contributed by atoms with Crippen molar-refractivity contribution in [3.8, 4) is 0 Å². The van der Waals surface area contributed by atoms with Crippen LogP contribution in [0.3, 0.4) is 0 Å². The number of aromatic nitrogens is 4. The lowest BCUT2D eigenvalue weighted by Gasteiger charge is -2.41. The molecule has 1 saturated heterocycles. The van der Waals surface area contributed by atoms with Crippen molar-refractivity contribution in [2.75, 3.05) is 26.2 Å². The van der Waals surface area contributed by atoms with E-state index in [0.717, 1.165) is 32.0 Å². The Kier molecular flexibility index (Phi) is 9.49. The van der Waals surface area contributed by atoms with E-state index in [2.05, 4.69) is 106 Å². The van der Waals surface area contributed by atoms with Gasteiger partial charge in [-0.15, -0.1) is 20.4 Å². The molecule has 48 heavy (non-hydrogen) atoms. The minimum Gasteiger partial charge on any atom is -0.337 e. The van der Waals surface area contributed by atoms with Gasteiger partial charge in [-0.25, -0.2) is 10.0 Å². The molecule has 2 aromatic carbocycles. The highest BCUT2D eigenvalue weighted by Crippen LogP contribution is 2.42. The van der Waals surface area contributed by atoms with Crippen LogP contribution in [0.5, 0.6) is 0 Å². The first kappa shape index (κ1) is 32.7. The third-order valence-corrected chi connectivity index (χ3v) is 11.6. The van der Waals surface area contributed by atoms with Gasteiger partial charge in [-0.1, -0.05) is 106 Å². The summed E-state index contributed by atoms with van der Waals surface area (Å²) in [5.41, 5.74) is 4.80. The number of piperazine rings is 1. The fourth-order valence-corrected chi connectivity index (χ4v) is 8.63. The zero-order chi connectivity index (χ0) is 33.4. The molecule has 3 aliphatic rings. The van der Waals surface area contributed by atoms with Crippen molar-refractivity contribution in [1.82, 2.24) is 40.2 Å². The Morgan fingerprint density at radius 2 is 0.938 bits per heavy atom. The van der Waals surface area contributed by atoms with E-state index in [-0.39, 0.29) is 10.7 Å². The number of hydrazone groups is 2. The lowest BCUT2D eigenvalue weighted by molar-refractivity contribution is 0.209. The number of thioether (sulfide) groups is 2. The second kappa shape index (κ2) is 13.9. The molecule has 12 nitrogen and oxygen atoms in total. The zero-order valence-electron chi connectivity index (χ0n) is 27.6. The number of benzene rings is 2. The predicted molar refractivity (Wildman–Crippen MR) is 200 cm³/mol. The molecular weight excluding hydrogens is 681 g/mol.